The van der Waals surface area contributed by atoms with Gasteiger partial charge in [-0.2, -0.15) is 0 Å². The van der Waals surface area contributed by atoms with Crippen molar-refractivity contribution in [3.8, 4) is 0 Å². The van der Waals surface area contributed by atoms with Gasteiger partial charge in [-0.15, -0.1) is 0 Å². The van der Waals surface area contributed by atoms with Crippen LogP contribution in [0.5, 0.6) is 0 Å². The van der Waals surface area contributed by atoms with Crippen molar-refractivity contribution in [1.29, 1.82) is 0 Å². The second-order valence-electron chi connectivity index (χ2n) is 6.16. The normalized spacial score (nSPS) is 23.5. The lowest BCUT2D eigenvalue weighted by Crippen LogP contribution is -2.56. The van der Waals surface area contributed by atoms with Gasteiger partial charge in [0.2, 0.25) is 0 Å². The van der Waals surface area contributed by atoms with Crippen LogP contribution in [0, 0.1) is 5.41 Å². The van der Waals surface area contributed by atoms with Crippen molar-refractivity contribution in [3.05, 3.63) is 0 Å². The smallest absolute Gasteiger partial charge is 0.317 e. The molecule has 5 nitrogen and oxygen atoms in total. The van der Waals surface area contributed by atoms with Gasteiger partial charge in [-0.05, 0) is 39.0 Å². The quantitative estimate of drug-likeness (QED) is 0.815. The van der Waals surface area contributed by atoms with E-state index in [0.29, 0.717) is 19.5 Å². The minimum atomic E-state index is -0.817. The van der Waals surface area contributed by atoms with E-state index in [9.17, 15) is 14.7 Å². The number of carbonyl (C=O) groups is 2. The van der Waals surface area contributed by atoms with Crippen molar-refractivity contribution in [2.24, 2.45) is 5.41 Å². The first-order chi connectivity index (χ1) is 9.32. The fourth-order valence-electron chi connectivity index (χ4n) is 2.91. The number of urea groups is 1. The molecule has 1 aliphatic heterocycles. The van der Waals surface area contributed by atoms with Crippen LogP contribution in [0.3, 0.4) is 0 Å². The Hall–Kier alpha value is -1.26. The number of hydrogen-bond donors (Lipinski definition) is 2. The monoisotopic (exact) mass is 284 g/mol. The zero-order valence-electron chi connectivity index (χ0n) is 13.2. The first-order valence-electron chi connectivity index (χ1n) is 7.63. The molecule has 0 aromatic heterocycles. The second kappa shape index (κ2) is 6.46. The van der Waals surface area contributed by atoms with Gasteiger partial charge in [0.05, 0.1) is 5.41 Å². The van der Waals surface area contributed by atoms with Crippen LogP contribution in [-0.4, -0.2) is 40.6 Å². The fraction of sp³-hybridized carbons (Fsp3) is 0.867. The number of carbonyl (C=O) groups excluding carboxylic acids is 1. The summed E-state index contributed by atoms with van der Waals surface area (Å²) >= 11 is 0. The predicted octanol–water partition coefficient (Wildman–Crippen LogP) is 2.85. The average molecular weight is 284 g/mol. The fourth-order valence-corrected chi connectivity index (χ4v) is 2.91. The average Bonchev–Trinajstić information content (AvgIpc) is 2.44. The number of aliphatic carboxylic acids is 1. The molecule has 0 aromatic carbocycles. The molecule has 0 bridgehead atoms. The third-order valence-corrected chi connectivity index (χ3v) is 4.90. The predicted molar refractivity (Wildman–Crippen MR) is 78.7 cm³/mol. The molecule has 1 aliphatic rings. The maximum absolute atomic E-state index is 12.4. The Bertz CT molecular complexity index is 358. The van der Waals surface area contributed by atoms with E-state index in [0.717, 1.165) is 25.7 Å². The van der Waals surface area contributed by atoms with Crippen LogP contribution in [-0.2, 0) is 4.79 Å². The number of nitrogens with one attached hydrogen (secondary N) is 1. The summed E-state index contributed by atoms with van der Waals surface area (Å²) in [5, 5.41) is 12.4. The van der Waals surface area contributed by atoms with Crippen LogP contribution in [0.15, 0.2) is 0 Å². The summed E-state index contributed by atoms with van der Waals surface area (Å²) in [6.07, 6.45) is 4.03. The van der Waals surface area contributed by atoms with Gasteiger partial charge in [-0.3, -0.25) is 4.79 Å². The number of piperidine rings is 1. The second-order valence-corrected chi connectivity index (χ2v) is 6.16. The largest absolute Gasteiger partial charge is 0.481 e. The number of carboxylic acids is 1. The first kappa shape index (κ1) is 16.8. The molecule has 1 unspecified atom stereocenters. The van der Waals surface area contributed by atoms with Crippen molar-refractivity contribution < 1.29 is 14.7 Å². The van der Waals surface area contributed by atoms with Crippen molar-refractivity contribution in [3.63, 3.8) is 0 Å². The standard InChI is InChI=1S/C15H28N2O3/c1-5-15(6-2,7-3)16-13(20)17-10-8-9-14(4,11-17)12(18)19/h5-11H2,1-4H3,(H,16,20)(H,18,19). The third kappa shape index (κ3) is 3.44. The van der Waals surface area contributed by atoms with Crippen molar-refractivity contribution in [2.45, 2.75) is 65.3 Å². The summed E-state index contributed by atoms with van der Waals surface area (Å²) < 4.78 is 0. The number of rotatable bonds is 5. The zero-order valence-corrected chi connectivity index (χ0v) is 13.2. The molecule has 1 atom stereocenters. The Labute approximate surface area is 121 Å². The van der Waals surface area contributed by atoms with Gasteiger partial charge in [0.1, 0.15) is 0 Å². The number of hydrogen-bond acceptors (Lipinski definition) is 2. The van der Waals surface area contributed by atoms with E-state index in [1.165, 1.54) is 0 Å². The highest BCUT2D eigenvalue weighted by molar-refractivity contribution is 5.79. The molecule has 0 aliphatic carbocycles. The van der Waals surface area contributed by atoms with E-state index in [1.807, 2.05) is 0 Å². The Morgan fingerprint density at radius 2 is 1.80 bits per heavy atom. The summed E-state index contributed by atoms with van der Waals surface area (Å²) in [5.74, 6) is -0.817. The SMILES string of the molecule is CCC(CC)(CC)NC(=O)N1CCCC(C)(C(=O)O)C1. The topological polar surface area (TPSA) is 69.6 Å². The van der Waals surface area contributed by atoms with E-state index in [1.54, 1.807) is 11.8 Å². The van der Waals surface area contributed by atoms with Crippen molar-refractivity contribution >= 4 is 12.0 Å². The van der Waals surface area contributed by atoms with Crippen molar-refractivity contribution in [2.75, 3.05) is 13.1 Å². The highest BCUT2D eigenvalue weighted by Crippen LogP contribution is 2.30. The van der Waals surface area contributed by atoms with Gasteiger partial charge in [-0.1, -0.05) is 20.8 Å². The maximum Gasteiger partial charge on any atom is 0.317 e. The molecule has 20 heavy (non-hydrogen) atoms. The molecule has 1 saturated heterocycles. The van der Waals surface area contributed by atoms with Gasteiger partial charge < -0.3 is 15.3 Å². The lowest BCUT2D eigenvalue weighted by molar-refractivity contribution is -0.150. The minimum absolute atomic E-state index is 0.122. The van der Waals surface area contributed by atoms with Crippen LogP contribution in [0.25, 0.3) is 0 Å². The summed E-state index contributed by atoms with van der Waals surface area (Å²) in [4.78, 5) is 25.4. The molecule has 2 N–H and O–H groups in total. The van der Waals surface area contributed by atoms with Crippen LogP contribution < -0.4 is 5.32 Å². The molecule has 5 heteroatoms. The molecule has 1 heterocycles. The van der Waals surface area contributed by atoms with E-state index in [2.05, 4.69) is 26.1 Å². The number of amides is 2. The van der Waals surface area contributed by atoms with Crippen molar-refractivity contribution in [1.82, 2.24) is 10.2 Å². The molecule has 0 aromatic rings. The van der Waals surface area contributed by atoms with E-state index in [4.69, 9.17) is 0 Å². The molecule has 0 spiro atoms. The van der Waals surface area contributed by atoms with Crippen LogP contribution >= 0.6 is 0 Å². The molecule has 2 amide bonds. The molecular weight excluding hydrogens is 256 g/mol. The first-order valence-corrected chi connectivity index (χ1v) is 7.63. The lowest BCUT2D eigenvalue weighted by Gasteiger charge is -2.40. The number of likely N-dealkylation sites (tertiary alicyclic amines) is 1. The molecule has 1 fully saturated rings. The summed E-state index contributed by atoms with van der Waals surface area (Å²) in [5.41, 5.74) is -0.989. The Kier molecular flexibility index (Phi) is 5.42. The third-order valence-electron chi connectivity index (χ3n) is 4.90. The molecule has 0 radical (unpaired) electrons. The van der Waals surface area contributed by atoms with Crippen LogP contribution in [0.2, 0.25) is 0 Å². The van der Waals surface area contributed by atoms with Crippen LogP contribution in [0.1, 0.15) is 59.8 Å². The summed E-state index contributed by atoms with van der Waals surface area (Å²) in [6, 6.07) is -0.122. The van der Waals surface area contributed by atoms with Gasteiger partial charge in [0.25, 0.3) is 0 Å². The summed E-state index contributed by atoms with van der Waals surface area (Å²) in [7, 11) is 0. The number of carboxylic acid groups (broad SMARTS) is 1. The van der Waals surface area contributed by atoms with Gasteiger partial charge in [0.15, 0.2) is 0 Å². The van der Waals surface area contributed by atoms with Gasteiger partial charge in [-0.25, -0.2) is 4.79 Å². The lowest BCUT2D eigenvalue weighted by atomic mass is 9.82. The highest BCUT2D eigenvalue weighted by atomic mass is 16.4. The Balaban J connectivity index is 2.75. The molecule has 0 saturated carbocycles. The van der Waals surface area contributed by atoms with Crippen LogP contribution in [0.4, 0.5) is 4.79 Å². The minimum Gasteiger partial charge on any atom is -0.481 e. The maximum atomic E-state index is 12.4. The van der Waals surface area contributed by atoms with Gasteiger partial charge in [0, 0.05) is 18.6 Å². The molecule has 1 rings (SSSR count). The highest BCUT2D eigenvalue weighted by Gasteiger charge is 2.40. The Morgan fingerprint density at radius 3 is 2.25 bits per heavy atom. The summed E-state index contributed by atoms with van der Waals surface area (Å²) in [6.45, 7) is 8.88. The van der Waals surface area contributed by atoms with E-state index in [-0.39, 0.29) is 11.6 Å². The zero-order chi connectivity index (χ0) is 15.4. The van der Waals surface area contributed by atoms with E-state index >= 15 is 0 Å². The molecular formula is C15H28N2O3. The number of nitrogens with zero attached hydrogens (tertiary/aromatic N) is 1. The Morgan fingerprint density at radius 1 is 1.25 bits per heavy atom. The van der Waals surface area contributed by atoms with E-state index < -0.39 is 11.4 Å². The molecule has 116 valence electrons. The van der Waals surface area contributed by atoms with Gasteiger partial charge >= 0.3 is 12.0 Å².